The first-order valence-electron chi connectivity index (χ1n) is 5.73. The van der Waals surface area contributed by atoms with Gasteiger partial charge < -0.3 is 10.1 Å². The molecule has 1 aromatic rings. The lowest BCUT2D eigenvalue weighted by Gasteiger charge is -2.15. The lowest BCUT2D eigenvalue weighted by Crippen LogP contribution is -2.28. The van der Waals surface area contributed by atoms with E-state index in [0.29, 0.717) is 19.1 Å². The fraction of sp³-hybridized carbons (Fsp3) is 0.462. The molecule has 3 heteroatoms. The number of ether oxygens (including phenoxy) is 1. The Kier molecular flexibility index (Phi) is 5.40. The van der Waals surface area contributed by atoms with Gasteiger partial charge in [-0.15, -0.1) is 0 Å². The third kappa shape index (κ3) is 3.93. The van der Waals surface area contributed by atoms with Crippen LogP contribution in [0.15, 0.2) is 30.3 Å². The maximum atomic E-state index is 11.2. The Morgan fingerprint density at radius 2 is 2.00 bits per heavy atom. The van der Waals surface area contributed by atoms with Crippen LogP contribution in [0.3, 0.4) is 0 Å². The average molecular weight is 221 g/mol. The molecule has 0 spiro atoms. The minimum absolute atomic E-state index is 0.336. The van der Waals surface area contributed by atoms with E-state index in [1.54, 1.807) is 6.92 Å². The highest BCUT2D eigenvalue weighted by molar-refractivity contribution is 5.67. The molecular weight excluding hydrogens is 202 g/mol. The third-order valence-corrected chi connectivity index (χ3v) is 2.53. The maximum Gasteiger partial charge on any atom is 0.407 e. The Labute approximate surface area is 96.8 Å². The van der Waals surface area contributed by atoms with Crippen molar-refractivity contribution in [3.63, 3.8) is 0 Å². The Balaban J connectivity index is 2.47. The summed E-state index contributed by atoms with van der Waals surface area (Å²) >= 11 is 0. The number of amides is 1. The van der Waals surface area contributed by atoms with Gasteiger partial charge in [-0.05, 0) is 18.9 Å². The smallest absolute Gasteiger partial charge is 0.407 e. The summed E-state index contributed by atoms with van der Waals surface area (Å²) in [6, 6.07) is 10.2. The number of carbonyl (C=O) groups excluding carboxylic acids is 1. The molecule has 0 heterocycles. The number of hydrogen-bond donors (Lipinski definition) is 1. The summed E-state index contributed by atoms with van der Waals surface area (Å²) in [7, 11) is 0. The number of nitrogens with one attached hydrogen (secondary N) is 1. The van der Waals surface area contributed by atoms with Gasteiger partial charge in [0.1, 0.15) is 0 Å². The molecule has 0 aromatic heterocycles. The van der Waals surface area contributed by atoms with E-state index in [4.69, 9.17) is 4.74 Å². The fourth-order valence-corrected chi connectivity index (χ4v) is 1.61. The molecule has 1 N–H and O–H groups in total. The van der Waals surface area contributed by atoms with Crippen LogP contribution >= 0.6 is 0 Å². The second-order valence-electron chi connectivity index (χ2n) is 3.62. The van der Waals surface area contributed by atoms with Crippen molar-refractivity contribution in [2.75, 3.05) is 13.2 Å². The third-order valence-electron chi connectivity index (χ3n) is 2.53. The van der Waals surface area contributed by atoms with E-state index in [9.17, 15) is 4.79 Å². The summed E-state index contributed by atoms with van der Waals surface area (Å²) in [5.41, 5.74) is 1.25. The topological polar surface area (TPSA) is 38.3 Å². The summed E-state index contributed by atoms with van der Waals surface area (Å²) in [5, 5.41) is 2.77. The van der Waals surface area contributed by atoms with Crippen molar-refractivity contribution < 1.29 is 9.53 Å². The van der Waals surface area contributed by atoms with E-state index in [1.165, 1.54) is 5.56 Å². The molecule has 0 saturated carbocycles. The zero-order chi connectivity index (χ0) is 11.8. The number of alkyl carbamates (subject to hydrolysis) is 1. The van der Waals surface area contributed by atoms with Crippen molar-refractivity contribution in [1.82, 2.24) is 5.32 Å². The van der Waals surface area contributed by atoms with Crippen LogP contribution in [0.1, 0.15) is 31.7 Å². The molecule has 1 rings (SSSR count). The Bertz CT molecular complexity index is 311. The molecule has 0 aliphatic rings. The second-order valence-corrected chi connectivity index (χ2v) is 3.62. The largest absolute Gasteiger partial charge is 0.450 e. The molecule has 1 amide bonds. The quantitative estimate of drug-likeness (QED) is 0.830. The zero-order valence-corrected chi connectivity index (χ0v) is 9.90. The van der Waals surface area contributed by atoms with Crippen LogP contribution in [0.2, 0.25) is 0 Å². The molecule has 0 unspecified atom stereocenters. The molecule has 0 aliphatic carbocycles. The highest BCUT2D eigenvalue weighted by Crippen LogP contribution is 2.17. The summed E-state index contributed by atoms with van der Waals surface area (Å²) in [4.78, 5) is 11.2. The predicted molar refractivity (Wildman–Crippen MR) is 64.5 cm³/mol. The minimum atomic E-state index is -0.336. The van der Waals surface area contributed by atoms with Gasteiger partial charge in [-0.25, -0.2) is 4.79 Å². The van der Waals surface area contributed by atoms with Crippen molar-refractivity contribution in [3.05, 3.63) is 35.9 Å². The molecule has 1 aromatic carbocycles. The van der Waals surface area contributed by atoms with Gasteiger partial charge in [-0.2, -0.15) is 0 Å². The molecule has 0 saturated heterocycles. The molecular formula is C13H19NO2. The Morgan fingerprint density at radius 1 is 1.31 bits per heavy atom. The molecule has 0 bridgehead atoms. The first-order chi connectivity index (χ1) is 7.77. The normalized spacial score (nSPS) is 11.9. The van der Waals surface area contributed by atoms with Crippen LogP contribution < -0.4 is 5.32 Å². The van der Waals surface area contributed by atoms with Crippen molar-refractivity contribution in [3.8, 4) is 0 Å². The standard InChI is InChI=1S/C13H19NO2/c1-3-11(10-14-13(15)16-4-2)12-8-6-5-7-9-12/h5-9,11H,3-4,10H2,1-2H3,(H,14,15)/t11-/m1/s1. The lowest BCUT2D eigenvalue weighted by molar-refractivity contribution is 0.151. The predicted octanol–water partition coefficient (Wildman–Crippen LogP) is 2.93. The van der Waals surface area contributed by atoms with Crippen LogP contribution in [0.5, 0.6) is 0 Å². The van der Waals surface area contributed by atoms with Gasteiger partial charge in [-0.3, -0.25) is 0 Å². The molecule has 1 atom stereocenters. The van der Waals surface area contributed by atoms with E-state index < -0.39 is 0 Å². The van der Waals surface area contributed by atoms with Crippen LogP contribution in [-0.4, -0.2) is 19.2 Å². The molecule has 16 heavy (non-hydrogen) atoms. The van der Waals surface area contributed by atoms with E-state index in [2.05, 4.69) is 24.4 Å². The lowest BCUT2D eigenvalue weighted by atomic mass is 9.97. The fourth-order valence-electron chi connectivity index (χ4n) is 1.61. The van der Waals surface area contributed by atoms with Crippen LogP contribution in [0.25, 0.3) is 0 Å². The minimum Gasteiger partial charge on any atom is -0.450 e. The van der Waals surface area contributed by atoms with Crippen molar-refractivity contribution in [2.24, 2.45) is 0 Å². The first kappa shape index (κ1) is 12.6. The molecule has 88 valence electrons. The number of benzene rings is 1. The SMILES string of the molecule is CCOC(=O)NC[C@@H](CC)c1ccccc1. The number of rotatable bonds is 5. The molecule has 3 nitrogen and oxygen atoms in total. The van der Waals surface area contributed by atoms with Crippen molar-refractivity contribution in [2.45, 2.75) is 26.2 Å². The monoisotopic (exact) mass is 221 g/mol. The van der Waals surface area contributed by atoms with Crippen molar-refractivity contribution >= 4 is 6.09 Å². The molecule has 0 fully saturated rings. The summed E-state index contributed by atoms with van der Waals surface area (Å²) in [5.74, 6) is 0.352. The van der Waals surface area contributed by atoms with Crippen LogP contribution in [-0.2, 0) is 4.74 Å². The zero-order valence-electron chi connectivity index (χ0n) is 9.90. The molecule has 0 aliphatic heterocycles. The maximum absolute atomic E-state index is 11.2. The molecule has 0 radical (unpaired) electrons. The van der Waals surface area contributed by atoms with Gasteiger partial charge in [0, 0.05) is 12.5 Å². The Hall–Kier alpha value is -1.51. The van der Waals surface area contributed by atoms with E-state index >= 15 is 0 Å². The summed E-state index contributed by atoms with van der Waals surface area (Å²) in [6.07, 6.45) is 0.660. The van der Waals surface area contributed by atoms with E-state index in [-0.39, 0.29) is 6.09 Å². The number of hydrogen-bond acceptors (Lipinski definition) is 2. The van der Waals surface area contributed by atoms with Gasteiger partial charge in [0.2, 0.25) is 0 Å². The van der Waals surface area contributed by atoms with E-state index in [0.717, 1.165) is 6.42 Å². The average Bonchev–Trinajstić information content (AvgIpc) is 2.31. The van der Waals surface area contributed by atoms with Gasteiger partial charge in [0.05, 0.1) is 6.61 Å². The summed E-state index contributed by atoms with van der Waals surface area (Å²) < 4.78 is 4.82. The van der Waals surface area contributed by atoms with Crippen LogP contribution in [0.4, 0.5) is 4.79 Å². The van der Waals surface area contributed by atoms with Gasteiger partial charge in [0.15, 0.2) is 0 Å². The van der Waals surface area contributed by atoms with E-state index in [1.807, 2.05) is 18.2 Å². The Morgan fingerprint density at radius 3 is 2.56 bits per heavy atom. The van der Waals surface area contributed by atoms with Crippen molar-refractivity contribution in [1.29, 1.82) is 0 Å². The highest BCUT2D eigenvalue weighted by atomic mass is 16.5. The number of carbonyl (C=O) groups is 1. The van der Waals surface area contributed by atoms with Gasteiger partial charge in [-0.1, -0.05) is 37.3 Å². The summed E-state index contributed by atoms with van der Waals surface area (Å²) in [6.45, 7) is 4.95. The second kappa shape index (κ2) is 6.88. The highest BCUT2D eigenvalue weighted by Gasteiger charge is 2.10. The van der Waals surface area contributed by atoms with Crippen LogP contribution in [0, 0.1) is 0 Å². The van der Waals surface area contributed by atoms with Gasteiger partial charge in [0.25, 0.3) is 0 Å². The van der Waals surface area contributed by atoms with Gasteiger partial charge >= 0.3 is 6.09 Å². The first-order valence-corrected chi connectivity index (χ1v) is 5.73.